The number of ether oxygens (including phenoxy) is 2. The molecule has 154 valence electrons. The number of nitrogens with one attached hydrogen (secondary N) is 1. The van der Waals surface area contributed by atoms with Crippen LogP contribution >= 0.6 is 0 Å². The molecule has 1 aliphatic heterocycles. The van der Waals surface area contributed by atoms with Gasteiger partial charge in [-0.3, -0.25) is 4.57 Å². The van der Waals surface area contributed by atoms with E-state index in [1.165, 1.54) is 17.2 Å². The molecule has 3 aromatic rings. The minimum absolute atomic E-state index is 0.0812. The molecule has 3 heterocycles. The second-order valence-electron chi connectivity index (χ2n) is 6.92. The van der Waals surface area contributed by atoms with Gasteiger partial charge >= 0.3 is 0 Å². The molecule has 10 heteroatoms. The summed E-state index contributed by atoms with van der Waals surface area (Å²) in [6, 6.07) is 7.63. The number of methoxy groups -OCH3 is 1. The van der Waals surface area contributed by atoms with Crippen LogP contribution in [0.25, 0.3) is 11.2 Å². The van der Waals surface area contributed by atoms with E-state index in [4.69, 9.17) is 9.47 Å². The summed E-state index contributed by atoms with van der Waals surface area (Å²) in [5.74, 6) is 1.29. The molecule has 1 fully saturated rings. The Morgan fingerprint density at radius 1 is 1.24 bits per heavy atom. The van der Waals surface area contributed by atoms with Crippen LogP contribution in [0.15, 0.2) is 36.9 Å². The number of aromatic nitrogens is 4. The number of imidazole rings is 1. The molecule has 4 rings (SSSR count). The van der Waals surface area contributed by atoms with Crippen LogP contribution in [-0.4, -0.2) is 66.9 Å². The van der Waals surface area contributed by atoms with Crippen LogP contribution in [0.5, 0.6) is 5.75 Å². The highest BCUT2D eigenvalue weighted by Gasteiger charge is 2.44. The summed E-state index contributed by atoms with van der Waals surface area (Å²) >= 11 is 0. The van der Waals surface area contributed by atoms with Crippen LogP contribution in [0, 0.1) is 0 Å². The molecule has 1 saturated heterocycles. The molecule has 0 spiro atoms. The van der Waals surface area contributed by atoms with Crippen LogP contribution in [0.4, 0.5) is 5.82 Å². The van der Waals surface area contributed by atoms with Crippen molar-refractivity contribution in [3.63, 3.8) is 0 Å². The summed E-state index contributed by atoms with van der Waals surface area (Å²) in [5, 5.41) is 32.9. The van der Waals surface area contributed by atoms with Crippen LogP contribution in [-0.2, 0) is 4.74 Å². The monoisotopic (exact) mass is 401 g/mol. The Kier molecular flexibility index (Phi) is 5.33. The predicted molar refractivity (Wildman–Crippen MR) is 103 cm³/mol. The lowest BCUT2D eigenvalue weighted by Gasteiger charge is -2.17. The van der Waals surface area contributed by atoms with Crippen molar-refractivity contribution in [3.05, 3.63) is 42.5 Å². The van der Waals surface area contributed by atoms with Gasteiger partial charge < -0.3 is 30.1 Å². The van der Waals surface area contributed by atoms with Gasteiger partial charge in [0.1, 0.15) is 30.4 Å². The van der Waals surface area contributed by atoms with Crippen molar-refractivity contribution in [2.75, 3.05) is 19.0 Å². The van der Waals surface area contributed by atoms with Crippen molar-refractivity contribution in [2.24, 2.45) is 0 Å². The standard InChI is InChI=1S/C19H23N5O5/c1-10(11-4-3-5-12(6-11)28-2)23-17-14-18(21-8-20-17)24(9-22-14)19-16(27)15(26)13(7-25)29-19/h3-6,8-10,13,15-16,19,25-27H,7H2,1-2H3,(H,20,21,23)/t10-,13+,15+,16+,19+/m0/s1. The largest absolute Gasteiger partial charge is 0.497 e. The van der Waals surface area contributed by atoms with E-state index >= 15 is 0 Å². The zero-order chi connectivity index (χ0) is 20.5. The Labute approximate surface area is 166 Å². The van der Waals surface area contributed by atoms with E-state index in [1.807, 2.05) is 31.2 Å². The van der Waals surface area contributed by atoms with E-state index in [2.05, 4.69) is 20.3 Å². The molecule has 4 N–H and O–H groups in total. The smallest absolute Gasteiger partial charge is 0.167 e. The Morgan fingerprint density at radius 3 is 2.79 bits per heavy atom. The second-order valence-corrected chi connectivity index (χ2v) is 6.92. The number of hydrogen-bond acceptors (Lipinski definition) is 9. The number of aliphatic hydroxyl groups excluding tert-OH is 3. The molecule has 1 aromatic carbocycles. The number of rotatable bonds is 6. The van der Waals surface area contributed by atoms with Gasteiger partial charge in [0, 0.05) is 0 Å². The Hall–Kier alpha value is -2.79. The van der Waals surface area contributed by atoms with E-state index in [-0.39, 0.29) is 6.04 Å². The number of hydrogen-bond donors (Lipinski definition) is 4. The summed E-state index contributed by atoms with van der Waals surface area (Å²) in [4.78, 5) is 12.9. The predicted octanol–water partition coefficient (Wildman–Crippen LogP) is 0.619. The molecular weight excluding hydrogens is 378 g/mol. The van der Waals surface area contributed by atoms with E-state index in [1.54, 1.807) is 7.11 Å². The van der Waals surface area contributed by atoms with Gasteiger partial charge in [-0.2, -0.15) is 0 Å². The first-order valence-corrected chi connectivity index (χ1v) is 9.24. The number of aliphatic hydroxyl groups is 3. The summed E-state index contributed by atoms with van der Waals surface area (Å²) < 4.78 is 12.4. The molecule has 0 saturated carbocycles. The van der Waals surface area contributed by atoms with Crippen molar-refractivity contribution >= 4 is 17.0 Å². The van der Waals surface area contributed by atoms with Gasteiger partial charge in [0.15, 0.2) is 23.2 Å². The third kappa shape index (κ3) is 3.51. The van der Waals surface area contributed by atoms with Gasteiger partial charge in [-0.25, -0.2) is 15.0 Å². The van der Waals surface area contributed by atoms with Crippen molar-refractivity contribution < 1.29 is 24.8 Å². The first-order chi connectivity index (χ1) is 14.0. The molecule has 0 aliphatic carbocycles. The molecular formula is C19H23N5O5. The zero-order valence-electron chi connectivity index (χ0n) is 16.0. The zero-order valence-corrected chi connectivity index (χ0v) is 16.0. The summed E-state index contributed by atoms with van der Waals surface area (Å²) in [6.45, 7) is 1.59. The summed E-state index contributed by atoms with van der Waals surface area (Å²) in [5.41, 5.74) is 1.95. The lowest BCUT2D eigenvalue weighted by molar-refractivity contribution is -0.0511. The maximum absolute atomic E-state index is 10.3. The van der Waals surface area contributed by atoms with Crippen LogP contribution in [0.3, 0.4) is 0 Å². The number of fused-ring (bicyclic) bond motifs is 1. The number of nitrogens with zero attached hydrogens (tertiary/aromatic N) is 4. The van der Waals surface area contributed by atoms with Gasteiger partial charge in [0.2, 0.25) is 0 Å². The Morgan fingerprint density at radius 2 is 2.07 bits per heavy atom. The normalized spacial score (nSPS) is 25.3. The van der Waals surface area contributed by atoms with E-state index < -0.39 is 31.1 Å². The third-order valence-electron chi connectivity index (χ3n) is 5.10. The van der Waals surface area contributed by atoms with E-state index in [9.17, 15) is 15.3 Å². The maximum atomic E-state index is 10.3. The fourth-order valence-electron chi connectivity index (χ4n) is 3.45. The minimum Gasteiger partial charge on any atom is -0.497 e. The summed E-state index contributed by atoms with van der Waals surface area (Å²) in [6.07, 6.45) is -1.34. The molecule has 10 nitrogen and oxygen atoms in total. The average molecular weight is 401 g/mol. The Balaban J connectivity index is 1.62. The minimum atomic E-state index is -1.22. The molecule has 0 amide bonds. The first-order valence-electron chi connectivity index (χ1n) is 9.24. The van der Waals surface area contributed by atoms with Crippen molar-refractivity contribution in [2.45, 2.75) is 37.5 Å². The molecule has 1 aliphatic rings. The van der Waals surface area contributed by atoms with Gasteiger partial charge in [0.05, 0.1) is 26.1 Å². The first kappa shape index (κ1) is 19.5. The van der Waals surface area contributed by atoms with E-state index in [0.29, 0.717) is 17.0 Å². The third-order valence-corrected chi connectivity index (χ3v) is 5.10. The van der Waals surface area contributed by atoms with Crippen molar-refractivity contribution in [1.82, 2.24) is 19.5 Å². The van der Waals surface area contributed by atoms with Crippen molar-refractivity contribution in [3.8, 4) is 5.75 Å². The van der Waals surface area contributed by atoms with Crippen LogP contribution in [0.2, 0.25) is 0 Å². The lowest BCUT2D eigenvalue weighted by Crippen LogP contribution is -2.33. The molecule has 2 aromatic heterocycles. The number of anilines is 1. The SMILES string of the molecule is COc1cccc([C@H](C)Nc2ncnc3c2ncn3[C@@H]2O[C@H](CO)[C@@H](O)[C@H]2O)c1. The van der Waals surface area contributed by atoms with Gasteiger partial charge in [-0.05, 0) is 24.6 Å². The Bertz CT molecular complexity index is 996. The molecule has 0 bridgehead atoms. The van der Waals surface area contributed by atoms with Crippen LogP contribution < -0.4 is 10.1 Å². The van der Waals surface area contributed by atoms with E-state index in [0.717, 1.165) is 11.3 Å². The molecule has 0 radical (unpaired) electrons. The quantitative estimate of drug-likeness (QED) is 0.469. The number of benzene rings is 1. The maximum Gasteiger partial charge on any atom is 0.167 e. The molecule has 5 atom stereocenters. The second kappa shape index (κ2) is 7.91. The fourth-order valence-corrected chi connectivity index (χ4v) is 3.45. The van der Waals surface area contributed by atoms with Gasteiger partial charge in [0.25, 0.3) is 0 Å². The van der Waals surface area contributed by atoms with Gasteiger partial charge in [-0.1, -0.05) is 12.1 Å². The topological polar surface area (TPSA) is 135 Å². The highest BCUT2D eigenvalue weighted by Crippen LogP contribution is 2.32. The van der Waals surface area contributed by atoms with Crippen LogP contribution in [0.1, 0.15) is 24.8 Å². The highest BCUT2D eigenvalue weighted by atomic mass is 16.6. The highest BCUT2D eigenvalue weighted by molar-refractivity contribution is 5.82. The average Bonchev–Trinajstić information content (AvgIpc) is 3.30. The fraction of sp³-hybridized carbons (Fsp3) is 0.421. The van der Waals surface area contributed by atoms with Crippen molar-refractivity contribution in [1.29, 1.82) is 0 Å². The van der Waals surface area contributed by atoms with Gasteiger partial charge in [-0.15, -0.1) is 0 Å². The molecule has 0 unspecified atom stereocenters. The lowest BCUT2D eigenvalue weighted by atomic mass is 10.1. The summed E-state index contributed by atoms with van der Waals surface area (Å²) in [7, 11) is 1.62. The molecule has 29 heavy (non-hydrogen) atoms.